The van der Waals surface area contributed by atoms with Crippen LogP contribution in [0, 0.1) is 0 Å². The summed E-state index contributed by atoms with van der Waals surface area (Å²) in [5.41, 5.74) is 1.79. The number of nitrogens with one attached hydrogen (secondary N) is 1. The van der Waals surface area contributed by atoms with E-state index in [0.29, 0.717) is 0 Å². The summed E-state index contributed by atoms with van der Waals surface area (Å²) in [6.07, 6.45) is 1.01. The lowest BCUT2D eigenvalue weighted by molar-refractivity contribution is 0.0529. The van der Waals surface area contributed by atoms with Crippen molar-refractivity contribution < 1.29 is 9.53 Å². The molecule has 16 heavy (non-hydrogen) atoms. The van der Waals surface area contributed by atoms with Crippen molar-refractivity contribution in [3.05, 3.63) is 20.8 Å². The zero-order valence-electron chi connectivity index (χ0n) is 9.28. The van der Waals surface area contributed by atoms with Crippen LogP contribution in [-0.2, 0) is 4.74 Å². The number of carbonyl (C=O) groups is 1. The third-order valence-corrected chi connectivity index (χ3v) is 2.90. The first-order valence-electron chi connectivity index (χ1n) is 4.64. The number of amides is 1. The van der Waals surface area contributed by atoms with Gasteiger partial charge in [0.1, 0.15) is 5.60 Å². The van der Waals surface area contributed by atoms with E-state index in [2.05, 4.69) is 26.5 Å². The molecule has 0 saturated carbocycles. The Kier molecular flexibility index (Phi) is 4.49. The number of hydrogen-bond donors (Lipinski definition) is 1. The summed E-state index contributed by atoms with van der Waals surface area (Å²) in [7, 11) is 0. The van der Waals surface area contributed by atoms with Gasteiger partial charge in [-0.15, -0.1) is 11.3 Å². The summed E-state index contributed by atoms with van der Waals surface area (Å²) >= 11 is 4.87. The number of ether oxygens (including phenoxy) is 1. The molecular weight excluding hydrogens is 292 g/mol. The molecule has 0 aliphatic rings. The van der Waals surface area contributed by atoms with Gasteiger partial charge in [0.05, 0.1) is 10.0 Å². The average molecular weight is 305 g/mol. The number of hydrazone groups is 1. The maximum absolute atomic E-state index is 11.2. The third-order valence-electron chi connectivity index (χ3n) is 1.34. The molecular formula is C10H13BrN2O2S. The normalized spacial score (nSPS) is 11.8. The van der Waals surface area contributed by atoms with Gasteiger partial charge < -0.3 is 4.74 Å². The Morgan fingerprint density at radius 1 is 1.56 bits per heavy atom. The molecule has 0 spiro atoms. The van der Waals surface area contributed by atoms with Crippen LogP contribution >= 0.6 is 27.3 Å². The molecule has 0 fully saturated rings. The molecule has 0 bridgehead atoms. The van der Waals surface area contributed by atoms with Crippen molar-refractivity contribution >= 4 is 39.6 Å². The van der Waals surface area contributed by atoms with E-state index in [1.54, 1.807) is 27.0 Å². The molecule has 1 heterocycles. The lowest BCUT2D eigenvalue weighted by Crippen LogP contribution is -2.29. The minimum Gasteiger partial charge on any atom is -0.443 e. The summed E-state index contributed by atoms with van der Waals surface area (Å²) in [4.78, 5) is 12.1. The maximum Gasteiger partial charge on any atom is 0.428 e. The second kappa shape index (κ2) is 5.45. The zero-order chi connectivity index (χ0) is 12.2. The molecule has 0 unspecified atom stereocenters. The molecule has 0 saturated heterocycles. The van der Waals surface area contributed by atoms with E-state index in [9.17, 15) is 4.79 Å². The molecule has 1 aromatic heterocycles. The Balaban J connectivity index is 2.40. The molecule has 0 aliphatic carbocycles. The van der Waals surface area contributed by atoms with Gasteiger partial charge in [-0.1, -0.05) is 0 Å². The lowest BCUT2D eigenvalue weighted by atomic mass is 10.2. The number of hydrogen-bond acceptors (Lipinski definition) is 4. The predicted octanol–water partition coefficient (Wildman–Crippen LogP) is 3.37. The second-order valence-electron chi connectivity index (χ2n) is 4.01. The topological polar surface area (TPSA) is 50.7 Å². The van der Waals surface area contributed by atoms with Crippen LogP contribution in [0.3, 0.4) is 0 Å². The van der Waals surface area contributed by atoms with E-state index >= 15 is 0 Å². The Morgan fingerprint density at radius 2 is 2.25 bits per heavy atom. The van der Waals surface area contributed by atoms with Crippen LogP contribution in [0.2, 0.25) is 0 Å². The molecule has 1 aromatic rings. The van der Waals surface area contributed by atoms with E-state index in [-0.39, 0.29) is 0 Å². The van der Waals surface area contributed by atoms with Crippen molar-refractivity contribution in [2.75, 3.05) is 0 Å². The highest BCUT2D eigenvalue weighted by molar-refractivity contribution is 9.11. The molecule has 1 amide bonds. The van der Waals surface area contributed by atoms with Crippen molar-refractivity contribution in [2.45, 2.75) is 26.4 Å². The van der Waals surface area contributed by atoms with Crippen LogP contribution in [0.4, 0.5) is 4.79 Å². The minimum atomic E-state index is -0.556. The molecule has 1 N–H and O–H groups in total. The van der Waals surface area contributed by atoms with Crippen LogP contribution < -0.4 is 5.43 Å². The van der Waals surface area contributed by atoms with Crippen LogP contribution in [0.15, 0.2) is 21.0 Å². The number of nitrogens with zero attached hydrogens (tertiary/aromatic N) is 1. The molecule has 0 aromatic carbocycles. The Bertz CT molecular complexity index is 396. The van der Waals surface area contributed by atoms with Gasteiger partial charge in [0.25, 0.3) is 0 Å². The van der Waals surface area contributed by atoms with Crippen molar-refractivity contribution in [3.8, 4) is 0 Å². The summed E-state index contributed by atoms with van der Waals surface area (Å²) in [5, 5.41) is 3.78. The summed E-state index contributed by atoms with van der Waals surface area (Å²) in [6, 6.07) is 3.81. The highest BCUT2D eigenvalue weighted by Gasteiger charge is 2.15. The van der Waals surface area contributed by atoms with E-state index < -0.39 is 11.7 Å². The number of rotatable bonds is 2. The van der Waals surface area contributed by atoms with Gasteiger partial charge in [0.2, 0.25) is 0 Å². The van der Waals surface area contributed by atoms with Crippen molar-refractivity contribution in [1.82, 2.24) is 5.43 Å². The first-order valence-corrected chi connectivity index (χ1v) is 6.25. The summed E-state index contributed by atoms with van der Waals surface area (Å²) in [5.74, 6) is 0. The number of halogens is 1. The smallest absolute Gasteiger partial charge is 0.428 e. The van der Waals surface area contributed by atoms with Crippen molar-refractivity contribution in [2.24, 2.45) is 5.10 Å². The summed E-state index contributed by atoms with van der Waals surface area (Å²) in [6.45, 7) is 5.39. The fraction of sp³-hybridized carbons (Fsp3) is 0.400. The van der Waals surface area contributed by atoms with Gasteiger partial charge in [-0.2, -0.15) is 5.10 Å². The van der Waals surface area contributed by atoms with E-state index in [1.165, 1.54) is 11.3 Å². The SMILES string of the molecule is CC(C)(C)OC(=O)N/N=C\c1ccc(Br)s1. The van der Waals surface area contributed by atoms with E-state index in [0.717, 1.165) is 8.66 Å². The fourth-order valence-electron chi connectivity index (χ4n) is 0.847. The number of carbonyl (C=O) groups excluding carboxylic acids is 1. The second-order valence-corrected chi connectivity index (χ2v) is 6.51. The van der Waals surface area contributed by atoms with Crippen LogP contribution in [0.1, 0.15) is 25.6 Å². The Labute approximate surface area is 107 Å². The first kappa shape index (κ1) is 13.2. The van der Waals surface area contributed by atoms with Crippen LogP contribution in [-0.4, -0.2) is 17.9 Å². The maximum atomic E-state index is 11.2. The first-order chi connectivity index (χ1) is 7.37. The predicted molar refractivity (Wildman–Crippen MR) is 69.0 cm³/mol. The third kappa shape index (κ3) is 5.27. The standard InChI is InChI=1S/C10H13BrN2O2S/c1-10(2,3)15-9(14)13-12-6-7-4-5-8(11)16-7/h4-6H,1-3H3,(H,13,14)/b12-6-. The Hall–Kier alpha value is -0.880. The van der Waals surface area contributed by atoms with Gasteiger partial charge >= 0.3 is 6.09 Å². The van der Waals surface area contributed by atoms with E-state index in [1.807, 2.05) is 12.1 Å². The van der Waals surface area contributed by atoms with Gasteiger partial charge in [-0.3, -0.25) is 0 Å². The van der Waals surface area contributed by atoms with Crippen LogP contribution in [0.5, 0.6) is 0 Å². The van der Waals surface area contributed by atoms with Crippen molar-refractivity contribution in [3.63, 3.8) is 0 Å². The van der Waals surface area contributed by atoms with Crippen molar-refractivity contribution in [1.29, 1.82) is 0 Å². The number of thiophene rings is 1. The highest BCUT2D eigenvalue weighted by atomic mass is 79.9. The van der Waals surface area contributed by atoms with Gasteiger partial charge in [0.15, 0.2) is 0 Å². The van der Waals surface area contributed by atoms with Crippen LogP contribution in [0.25, 0.3) is 0 Å². The monoisotopic (exact) mass is 304 g/mol. The van der Waals surface area contributed by atoms with Gasteiger partial charge in [-0.25, -0.2) is 10.2 Å². The molecule has 1 rings (SSSR count). The Morgan fingerprint density at radius 3 is 2.75 bits per heavy atom. The zero-order valence-corrected chi connectivity index (χ0v) is 11.7. The molecule has 88 valence electrons. The molecule has 0 radical (unpaired) electrons. The average Bonchev–Trinajstić information content (AvgIpc) is 2.48. The molecule has 6 heteroatoms. The molecule has 0 atom stereocenters. The molecule has 0 aliphatic heterocycles. The van der Waals surface area contributed by atoms with Gasteiger partial charge in [-0.05, 0) is 48.8 Å². The summed E-state index contributed by atoms with van der Waals surface area (Å²) < 4.78 is 6.03. The lowest BCUT2D eigenvalue weighted by Gasteiger charge is -2.18. The fourth-order valence-corrected chi connectivity index (χ4v) is 2.14. The molecule has 4 nitrogen and oxygen atoms in total. The van der Waals surface area contributed by atoms with E-state index in [4.69, 9.17) is 4.74 Å². The minimum absolute atomic E-state index is 0.508. The van der Waals surface area contributed by atoms with Gasteiger partial charge in [0, 0.05) is 4.88 Å². The quantitative estimate of drug-likeness (QED) is 0.673. The highest BCUT2D eigenvalue weighted by Crippen LogP contribution is 2.20. The largest absolute Gasteiger partial charge is 0.443 e.